The van der Waals surface area contributed by atoms with Gasteiger partial charge >= 0.3 is 0 Å². The average molecular weight is 305 g/mol. The summed E-state index contributed by atoms with van der Waals surface area (Å²) in [5.74, 6) is 0.675. The van der Waals surface area contributed by atoms with Crippen LogP contribution in [-0.2, 0) is 0 Å². The van der Waals surface area contributed by atoms with Gasteiger partial charge < -0.3 is 4.90 Å². The predicted molar refractivity (Wildman–Crippen MR) is 90.4 cm³/mol. The second-order valence-electron chi connectivity index (χ2n) is 6.11. The molecule has 0 spiro atoms. The standard InChI is InChI=1S/C19H19N3O/c23-19(16-7-4-8-18-17(16)13-20-21-18)22-11-9-15(10-12-22)14-5-2-1-3-6-14/h1-8,13,15H,9-12H2,(H,20,21). The lowest BCUT2D eigenvalue weighted by Gasteiger charge is -2.32. The van der Waals surface area contributed by atoms with Gasteiger partial charge in [0.15, 0.2) is 0 Å². The number of nitrogens with zero attached hydrogens (tertiary/aromatic N) is 2. The van der Waals surface area contributed by atoms with Crippen LogP contribution in [-0.4, -0.2) is 34.1 Å². The Kier molecular flexibility index (Phi) is 3.58. The van der Waals surface area contributed by atoms with Crippen molar-refractivity contribution in [3.8, 4) is 0 Å². The lowest BCUT2D eigenvalue weighted by Crippen LogP contribution is -2.38. The Morgan fingerprint density at radius 2 is 1.83 bits per heavy atom. The normalized spacial score (nSPS) is 15.9. The van der Waals surface area contributed by atoms with E-state index < -0.39 is 0 Å². The summed E-state index contributed by atoms with van der Waals surface area (Å²) in [4.78, 5) is 14.8. The smallest absolute Gasteiger partial charge is 0.254 e. The quantitative estimate of drug-likeness (QED) is 0.786. The summed E-state index contributed by atoms with van der Waals surface area (Å²) < 4.78 is 0. The molecule has 0 saturated carbocycles. The van der Waals surface area contributed by atoms with Crippen molar-refractivity contribution in [1.29, 1.82) is 0 Å². The van der Waals surface area contributed by atoms with Crippen molar-refractivity contribution in [2.24, 2.45) is 0 Å². The molecule has 4 nitrogen and oxygen atoms in total. The van der Waals surface area contributed by atoms with Crippen molar-refractivity contribution in [1.82, 2.24) is 15.1 Å². The summed E-state index contributed by atoms with van der Waals surface area (Å²) in [6, 6.07) is 16.4. The van der Waals surface area contributed by atoms with Crippen LogP contribution in [0.25, 0.3) is 10.9 Å². The maximum Gasteiger partial charge on any atom is 0.254 e. The fourth-order valence-corrected chi connectivity index (χ4v) is 3.47. The molecule has 4 rings (SSSR count). The Morgan fingerprint density at radius 3 is 2.61 bits per heavy atom. The Labute approximate surface area is 135 Å². The number of piperidine rings is 1. The van der Waals surface area contributed by atoms with E-state index in [0.29, 0.717) is 5.92 Å². The number of rotatable bonds is 2. The van der Waals surface area contributed by atoms with Gasteiger partial charge in [0, 0.05) is 18.5 Å². The first-order chi connectivity index (χ1) is 11.3. The molecule has 1 aliphatic rings. The lowest BCUT2D eigenvalue weighted by atomic mass is 9.89. The third-order valence-electron chi connectivity index (χ3n) is 4.77. The van der Waals surface area contributed by atoms with E-state index in [2.05, 4.69) is 34.5 Å². The first kappa shape index (κ1) is 14.0. The summed E-state index contributed by atoms with van der Waals surface area (Å²) in [5, 5.41) is 7.88. The molecule has 0 bridgehead atoms. The molecule has 23 heavy (non-hydrogen) atoms. The minimum absolute atomic E-state index is 0.114. The van der Waals surface area contributed by atoms with Gasteiger partial charge in [-0.1, -0.05) is 36.4 Å². The van der Waals surface area contributed by atoms with Crippen molar-refractivity contribution < 1.29 is 4.79 Å². The molecular formula is C19H19N3O. The summed E-state index contributed by atoms with van der Waals surface area (Å²) in [6.45, 7) is 1.62. The second-order valence-corrected chi connectivity index (χ2v) is 6.11. The number of carbonyl (C=O) groups is 1. The molecule has 2 aromatic carbocycles. The van der Waals surface area contributed by atoms with Crippen molar-refractivity contribution in [3.63, 3.8) is 0 Å². The first-order valence-corrected chi connectivity index (χ1v) is 8.09. The van der Waals surface area contributed by atoms with Crippen LogP contribution < -0.4 is 0 Å². The molecule has 1 fully saturated rings. The number of hydrogen-bond acceptors (Lipinski definition) is 2. The van der Waals surface area contributed by atoms with E-state index in [0.717, 1.165) is 42.4 Å². The molecule has 0 aliphatic carbocycles. The van der Waals surface area contributed by atoms with Crippen LogP contribution in [0.4, 0.5) is 0 Å². The summed E-state index contributed by atoms with van der Waals surface area (Å²) in [5.41, 5.74) is 3.04. The number of nitrogens with one attached hydrogen (secondary N) is 1. The highest BCUT2D eigenvalue weighted by Gasteiger charge is 2.25. The molecule has 1 N–H and O–H groups in total. The van der Waals surface area contributed by atoms with Gasteiger partial charge in [0.1, 0.15) is 0 Å². The van der Waals surface area contributed by atoms with Gasteiger partial charge in [0.05, 0.1) is 17.3 Å². The second kappa shape index (κ2) is 5.88. The van der Waals surface area contributed by atoms with Gasteiger partial charge in [0.2, 0.25) is 0 Å². The number of carbonyl (C=O) groups excluding carboxylic acids is 1. The Morgan fingerprint density at radius 1 is 1.04 bits per heavy atom. The highest BCUT2D eigenvalue weighted by Crippen LogP contribution is 2.29. The first-order valence-electron chi connectivity index (χ1n) is 8.09. The Bertz CT molecular complexity index is 817. The highest BCUT2D eigenvalue weighted by molar-refractivity contribution is 6.06. The molecule has 0 atom stereocenters. The maximum absolute atomic E-state index is 12.8. The van der Waals surface area contributed by atoms with Crippen molar-refractivity contribution >= 4 is 16.8 Å². The van der Waals surface area contributed by atoms with Gasteiger partial charge in [-0.2, -0.15) is 5.10 Å². The lowest BCUT2D eigenvalue weighted by molar-refractivity contribution is 0.0715. The van der Waals surface area contributed by atoms with Crippen LogP contribution in [0.5, 0.6) is 0 Å². The molecule has 116 valence electrons. The zero-order chi connectivity index (χ0) is 15.6. The van der Waals surface area contributed by atoms with Crippen LogP contribution >= 0.6 is 0 Å². The minimum Gasteiger partial charge on any atom is -0.339 e. The summed E-state index contributed by atoms with van der Waals surface area (Å²) >= 11 is 0. The van der Waals surface area contributed by atoms with E-state index in [-0.39, 0.29) is 5.91 Å². The fourth-order valence-electron chi connectivity index (χ4n) is 3.47. The molecule has 0 unspecified atom stereocenters. The minimum atomic E-state index is 0.114. The fraction of sp³-hybridized carbons (Fsp3) is 0.263. The third-order valence-corrected chi connectivity index (χ3v) is 4.77. The third kappa shape index (κ3) is 2.61. The summed E-state index contributed by atoms with van der Waals surface area (Å²) in [6.07, 6.45) is 3.79. The predicted octanol–water partition coefficient (Wildman–Crippen LogP) is 3.58. The van der Waals surface area contributed by atoms with Crippen LogP contribution in [0.3, 0.4) is 0 Å². The van der Waals surface area contributed by atoms with Gasteiger partial charge in [-0.25, -0.2) is 0 Å². The Balaban J connectivity index is 1.50. The Hall–Kier alpha value is -2.62. The van der Waals surface area contributed by atoms with Crippen molar-refractivity contribution in [3.05, 3.63) is 65.9 Å². The van der Waals surface area contributed by atoms with Crippen molar-refractivity contribution in [2.75, 3.05) is 13.1 Å². The van der Waals surface area contributed by atoms with Crippen LogP contribution in [0.1, 0.15) is 34.7 Å². The number of amides is 1. The number of aromatic amines is 1. The van der Waals surface area contributed by atoms with E-state index in [9.17, 15) is 4.79 Å². The van der Waals surface area contributed by atoms with Crippen LogP contribution in [0.15, 0.2) is 54.7 Å². The van der Waals surface area contributed by atoms with E-state index in [1.54, 1.807) is 6.20 Å². The molecule has 1 amide bonds. The number of hydrogen-bond donors (Lipinski definition) is 1. The van der Waals surface area contributed by atoms with E-state index in [1.165, 1.54) is 5.56 Å². The molecule has 1 aromatic heterocycles. The number of benzene rings is 2. The van der Waals surface area contributed by atoms with E-state index >= 15 is 0 Å². The molecule has 0 radical (unpaired) electrons. The average Bonchev–Trinajstić information content (AvgIpc) is 3.11. The monoisotopic (exact) mass is 305 g/mol. The zero-order valence-electron chi connectivity index (χ0n) is 12.9. The molecule has 3 aromatic rings. The maximum atomic E-state index is 12.8. The SMILES string of the molecule is O=C(c1cccc2[nH]ncc12)N1CCC(c2ccccc2)CC1. The van der Waals surface area contributed by atoms with Crippen molar-refractivity contribution in [2.45, 2.75) is 18.8 Å². The molecule has 1 saturated heterocycles. The topological polar surface area (TPSA) is 49.0 Å². The molecule has 4 heteroatoms. The number of H-pyrrole nitrogens is 1. The molecule has 2 heterocycles. The summed E-state index contributed by atoms with van der Waals surface area (Å²) in [7, 11) is 0. The van der Waals surface area contributed by atoms with Gasteiger partial charge in [-0.15, -0.1) is 0 Å². The van der Waals surface area contributed by atoms with Crippen LogP contribution in [0, 0.1) is 0 Å². The van der Waals surface area contributed by atoms with E-state index in [4.69, 9.17) is 0 Å². The largest absolute Gasteiger partial charge is 0.339 e. The highest BCUT2D eigenvalue weighted by atomic mass is 16.2. The van der Waals surface area contributed by atoms with Crippen LogP contribution in [0.2, 0.25) is 0 Å². The molecule has 1 aliphatic heterocycles. The number of fused-ring (bicyclic) bond motifs is 1. The molecular weight excluding hydrogens is 286 g/mol. The van der Waals surface area contributed by atoms with Gasteiger partial charge in [-0.3, -0.25) is 9.89 Å². The number of likely N-dealkylation sites (tertiary alicyclic amines) is 1. The van der Waals surface area contributed by atoms with E-state index in [1.807, 2.05) is 29.2 Å². The zero-order valence-corrected chi connectivity index (χ0v) is 12.9. The van der Waals surface area contributed by atoms with Gasteiger partial charge in [0.25, 0.3) is 5.91 Å². The van der Waals surface area contributed by atoms with Gasteiger partial charge in [-0.05, 0) is 36.5 Å². The number of aromatic nitrogens is 2.